The normalized spacial score (nSPS) is 17.3. The average Bonchev–Trinajstić information content (AvgIpc) is 3.02. The summed E-state index contributed by atoms with van der Waals surface area (Å²) in [6, 6.07) is 2.07. The highest BCUT2D eigenvalue weighted by Crippen LogP contribution is 2.22. The van der Waals surface area contributed by atoms with Gasteiger partial charge in [-0.3, -0.25) is 0 Å². The van der Waals surface area contributed by atoms with E-state index < -0.39 is 22.0 Å². The van der Waals surface area contributed by atoms with Crippen LogP contribution < -0.4 is 5.32 Å². The number of sulfonamides is 1. The first-order valence-electron chi connectivity index (χ1n) is 7.40. The molecule has 1 aliphatic rings. The number of anilines is 1. The zero-order chi connectivity index (χ0) is 16.2. The molecule has 0 bridgehead atoms. The smallest absolute Gasteiger partial charge is 0.326 e. The van der Waals surface area contributed by atoms with Crippen LogP contribution in [0.2, 0.25) is 0 Å². The first-order valence-corrected chi connectivity index (χ1v) is 8.84. The summed E-state index contributed by atoms with van der Waals surface area (Å²) in [5.41, 5.74) is 0. The Labute approximate surface area is 130 Å². The lowest BCUT2D eigenvalue weighted by Gasteiger charge is -2.17. The molecule has 1 aromatic rings. The fraction of sp³-hybridized carbons (Fsp3) is 0.571. The molecule has 2 rings (SSSR count). The van der Waals surface area contributed by atoms with E-state index in [1.807, 2.05) is 6.92 Å². The number of hydrogen-bond donors (Lipinski definition) is 2. The minimum Gasteiger partial charge on any atom is -0.480 e. The topological polar surface area (TPSA) is 99.6 Å². The van der Waals surface area contributed by atoms with E-state index in [0.717, 1.165) is 12.8 Å². The van der Waals surface area contributed by atoms with Crippen molar-refractivity contribution in [2.24, 2.45) is 0 Å². The fourth-order valence-corrected chi connectivity index (χ4v) is 3.98. The molecular weight excluding hydrogens is 306 g/mol. The highest BCUT2D eigenvalue weighted by Gasteiger charge is 2.27. The number of carboxylic acids is 1. The number of rotatable bonds is 7. The van der Waals surface area contributed by atoms with Gasteiger partial charge in [0.05, 0.1) is 4.90 Å². The highest BCUT2D eigenvalue weighted by molar-refractivity contribution is 7.89. The Hall–Kier alpha value is -1.67. The maximum Gasteiger partial charge on any atom is 0.326 e. The van der Waals surface area contributed by atoms with Crippen molar-refractivity contribution in [1.29, 1.82) is 0 Å². The van der Waals surface area contributed by atoms with Gasteiger partial charge in [0.2, 0.25) is 10.0 Å². The summed E-state index contributed by atoms with van der Waals surface area (Å²) in [4.78, 5) is 15.3. The Morgan fingerprint density at radius 3 is 2.73 bits per heavy atom. The molecule has 0 aromatic carbocycles. The molecule has 8 heteroatoms. The van der Waals surface area contributed by atoms with E-state index in [0.29, 0.717) is 25.9 Å². The second kappa shape index (κ2) is 7.06. The number of hydrogen-bond acceptors (Lipinski definition) is 5. The van der Waals surface area contributed by atoms with Gasteiger partial charge in [-0.05, 0) is 25.3 Å². The van der Waals surface area contributed by atoms with Gasteiger partial charge in [-0.1, -0.05) is 13.3 Å². The van der Waals surface area contributed by atoms with Crippen molar-refractivity contribution in [3.63, 3.8) is 0 Å². The average molecular weight is 327 g/mol. The SMILES string of the molecule is CCCC(Nc1cc(S(=O)(=O)N2CCCC2)ccn1)C(=O)O. The summed E-state index contributed by atoms with van der Waals surface area (Å²) >= 11 is 0. The maximum absolute atomic E-state index is 12.5. The van der Waals surface area contributed by atoms with Crippen LogP contribution in [0.4, 0.5) is 5.82 Å². The van der Waals surface area contributed by atoms with Gasteiger partial charge in [0, 0.05) is 25.4 Å². The van der Waals surface area contributed by atoms with Crippen molar-refractivity contribution in [2.45, 2.75) is 43.5 Å². The minimum atomic E-state index is -3.52. The number of carbonyl (C=O) groups is 1. The first-order chi connectivity index (χ1) is 10.4. The van der Waals surface area contributed by atoms with Gasteiger partial charge < -0.3 is 10.4 Å². The van der Waals surface area contributed by atoms with Crippen molar-refractivity contribution in [1.82, 2.24) is 9.29 Å². The van der Waals surface area contributed by atoms with E-state index >= 15 is 0 Å². The van der Waals surface area contributed by atoms with Crippen LogP contribution in [-0.2, 0) is 14.8 Å². The molecule has 1 atom stereocenters. The standard InChI is InChI=1S/C14H21N3O4S/c1-2-5-12(14(18)19)16-13-10-11(6-7-15-13)22(20,21)17-8-3-4-9-17/h6-7,10,12H,2-5,8-9H2,1H3,(H,15,16)(H,18,19). The number of pyridine rings is 1. The summed E-state index contributed by atoms with van der Waals surface area (Å²) in [7, 11) is -3.52. The van der Waals surface area contributed by atoms with E-state index in [1.165, 1.54) is 22.6 Å². The summed E-state index contributed by atoms with van der Waals surface area (Å²) in [6.07, 6.45) is 4.27. The number of nitrogens with zero attached hydrogens (tertiary/aromatic N) is 2. The molecule has 22 heavy (non-hydrogen) atoms. The molecule has 122 valence electrons. The lowest BCUT2D eigenvalue weighted by molar-refractivity contribution is -0.138. The molecule has 1 fully saturated rings. The van der Waals surface area contributed by atoms with Crippen LogP contribution in [-0.4, -0.2) is 47.9 Å². The minimum absolute atomic E-state index is 0.146. The van der Waals surface area contributed by atoms with Crippen LogP contribution in [0.5, 0.6) is 0 Å². The predicted molar refractivity (Wildman–Crippen MR) is 82.2 cm³/mol. The Bertz CT molecular complexity index is 627. The van der Waals surface area contributed by atoms with Crippen LogP contribution in [0, 0.1) is 0 Å². The van der Waals surface area contributed by atoms with Crippen LogP contribution in [0.1, 0.15) is 32.6 Å². The van der Waals surface area contributed by atoms with Crippen LogP contribution >= 0.6 is 0 Å². The van der Waals surface area contributed by atoms with Crippen LogP contribution in [0.3, 0.4) is 0 Å². The molecule has 2 heterocycles. The molecule has 0 spiro atoms. The van der Waals surface area contributed by atoms with Crippen molar-refractivity contribution in [3.8, 4) is 0 Å². The molecule has 1 unspecified atom stereocenters. The van der Waals surface area contributed by atoms with Crippen molar-refractivity contribution in [2.75, 3.05) is 18.4 Å². The number of nitrogens with one attached hydrogen (secondary N) is 1. The summed E-state index contributed by atoms with van der Waals surface area (Å²) in [5, 5.41) is 11.9. The van der Waals surface area contributed by atoms with E-state index in [4.69, 9.17) is 5.11 Å². The molecule has 2 N–H and O–H groups in total. The Balaban J connectivity index is 2.20. The summed E-state index contributed by atoms with van der Waals surface area (Å²) < 4.78 is 26.4. The second-order valence-corrected chi connectivity index (χ2v) is 7.25. The Morgan fingerprint density at radius 1 is 1.45 bits per heavy atom. The van der Waals surface area contributed by atoms with Gasteiger partial charge >= 0.3 is 5.97 Å². The van der Waals surface area contributed by atoms with Gasteiger partial charge in [-0.25, -0.2) is 18.2 Å². The molecule has 1 aliphatic heterocycles. The van der Waals surface area contributed by atoms with Crippen LogP contribution in [0.25, 0.3) is 0 Å². The fourth-order valence-electron chi connectivity index (χ4n) is 2.45. The van der Waals surface area contributed by atoms with Gasteiger partial charge in [0.1, 0.15) is 11.9 Å². The van der Waals surface area contributed by atoms with Crippen molar-refractivity contribution >= 4 is 21.8 Å². The molecule has 0 saturated carbocycles. The Kier molecular flexibility index (Phi) is 5.36. The molecule has 1 saturated heterocycles. The third kappa shape index (κ3) is 3.75. The van der Waals surface area contributed by atoms with Crippen LogP contribution in [0.15, 0.2) is 23.2 Å². The first kappa shape index (κ1) is 16.7. The molecule has 0 radical (unpaired) electrons. The summed E-state index contributed by atoms with van der Waals surface area (Å²) in [5.74, 6) is -0.711. The van der Waals surface area contributed by atoms with Crippen molar-refractivity contribution in [3.05, 3.63) is 18.3 Å². The summed E-state index contributed by atoms with van der Waals surface area (Å²) in [6.45, 7) is 2.95. The van der Waals surface area contributed by atoms with Gasteiger partial charge in [0.25, 0.3) is 0 Å². The lowest BCUT2D eigenvalue weighted by atomic mass is 10.2. The van der Waals surface area contributed by atoms with E-state index in [2.05, 4.69) is 10.3 Å². The molecule has 0 aliphatic carbocycles. The predicted octanol–water partition coefficient (Wildman–Crippen LogP) is 1.53. The molecule has 1 aromatic heterocycles. The van der Waals surface area contributed by atoms with Gasteiger partial charge in [-0.15, -0.1) is 0 Å². The maximum atomic E-state index is 12.5. The zero-order valence-corrected chi connectivity index (χ0v) is 13.3. The monoisotopic (exact) mass is 327 g/mol. The highest BCUT2D eigenvalue weighted by atomic mass is 32.2. The molecule has 7 nitrogen and oxygen atoms in total. The quantitative estimate of drug-likeness (QED) is 0.788. The second-order valence-electron chi connectivity index (χ2n) is 5.31. The number of carboxylic acid groups (broad SMARTS) is 1. The van der Waals surface area contributed by atoms with Gasteiger partial charge in [-0.2, -0.15) is 4.31 Å². The van der Waals surface area contributed by atoms with Gasteiger partial charge in [0.15, 0.2) is 0 Å². The third-order valence-corrected chi connectivity index (χ3v) is 5.53. The van der Waals surface area contributed by atoms with Crippen molar-refractivity contribution < 1.29 is 18.3 Å². The Morgan fingerprint density at radius 2 is 2.14 bits per heavy atom. The van der Waals surface area contributed by atoms with E-state index in [9.17, 15) is 13.2 Å². The van der Waals surface area contributed by atoms with E-state index in [1.54, 1.807) is 0 Å². The molecule has 0 amide bonds. The zero-order valence-electron chi connectivity index (χ0n) is 12.5. The number of aliphatic carboxylic acids is 1. The lowest BCUT2D eigenvalue weighted by Crippen LogP contribution is -2.30. The molecular formula is C14H21N3O4S. The van der Waals surface area contributed by atoms with E-state index in [-0.39, 0.29) is 10.7 Å². The number of aromatic nitrogens is 1. The third-order valence-electron chi connectivity index (χ3n) is 3.63. The largest absolute Gasteiger partial charge is 0.480 e.